The molecule has 0 aromatic rings. The van der Waals surface area contributed by atoms with Crippen LogP contribution in [-0.4, -0.2) is 0 Å². The Hall–Kier alpha value is 0.0644. The van der Waals surface area contributed by atoms with E-state index in [0.717, 1.165) is 0 Å². The minimum absolute atomic E-state index is 0.260. The number of hydrogen-bond donors (Lipinski definition) is 0. The normalized spacial score (nSPS) is 29.1. The van der Waals surface area contributed by atoms with Gasteiger partial charge in [-0.3, -0.25) is 0 Å². The molecule has 1 rings (SSSR count). The Morgan fingerprint density at radius 2 is 2.27 bits per heavy atom. The van der Waals surface area contributed by atoms with Crippen molar-refractivity contribution in [3.8, 4) is 0 Å². The molecule has 0 amide bonds. The molecule has 1 heteroatoms. The van der Waals surface area contributed by atoms with E-state index in [9.17, 15) is 0 Å². The van der Waals surface area contributed by atoms with Crippen LogP contribution in [0.5, 0.6) is 0 Å². The fourth-order valence-electron chi connectivity index (χ4n) is 1.28. The Morgan fingerprint density at radius 1 is 1.55 bits per heavy atom. The molecule has 0 aliphatic heterocycles. The quantitative estimate of drug-likeness (QED) is 0.633. The molecule has 1 aliphatic carbocycles. The number of unbranched alkanes of at least 4 members (excludes halogenated alkanes) is 1. The Labute approximate surface area is 78.7 Å². The van der Waals surface area contributed by atoms with Gasteiger partial charge < -0.3 is 0 Å². The first-order chi connectivity index (χ1) is 5.14. The van der Waals surface area contributed by atoms with Crippen LogP contribution in [0, 0.1) is 0 Å². The van der Waals surface area contributed by atoms with Crippen LogP contribution >= 0.6 is 0 Å². The number of allylic oxidation sites excluding steroid dienone is 4. The molecule has 60 valence electrons. The summed E-state index contributed by atoms with van der Waals surface area (Å²) in [7, 11) is 0. The second-order valence-electron chi connectivity index (χ2n) is 3.38. The van der Waals surface area contributed by atoms with Crippen molar-refractivity contribution in [1.82, 2.24) is 0 Å². The van der Waals surface area contributed by atoms with Crippen LogP contribution in [-0.2, 0) is 17.4 Å². The Balaban J connectivity index is 2.44. The molecular weight excluding hydrogens is 171 g/mol. The van der Waals surface area contributed by atoms with Crippen LogP contribution in [0.4, 0.5) is 0 Å². The van der Waals surface area contributed by atoms with Crippen molar-refractivity contribution in [3.63, 3.8) is 0 Å². The molecule has 0 saturated heterocycles. The van der Waals surface area contributed by atoms with Gasteiger partial charge in [0.2, 0.25) is 0 Å². The van der Waals surface area contributed by atoms with Gasteiger partial charge in [0.15, 0.2) is 0 Å². The third kappa shape index (κ3) is 2.88. The molecule has 0 saturated carbocycles. The van der Waals surface area contributed by atoms with E-state index in [0.29, 0.717) is 0 Å². The average Bonchev–Trinajstić information content (AvgIpc) is 2.26. The van der Waals surface area contributed by atoms with E-state index < -0.39 is 0 Å². The first-order valence-electron chi connectivity index (χ1n) is 4.27. The fraction of sp³-hybridized carbons (Fsp3) is 0.600. The van der Waals surface area contributed by atoms with E-state index in [2.05, 4.69) is 49.5 Å². The molecule has 0 nitrogen and oxygen atoms in total. The summed E-state index contributed by atoms with van der Waals surface area (Å²) in [5.41, 5.74) is 1.51. The Bertz CT molecular complexity index is 187. The minimum atomic E-state index is 0.260. The zero-order valence-corrected chi connectivity index (χ0v) is 8.70. The van der Waals surface area contributed by atoms with Crippen LogP contribution in [0.2, 0.25) is 4.13 Å². The van der Waals surface area contributed by atoms with E-state index >= 15 is 0 Å². The monoisotopic (exact) mass is 186 g/mol. The van der Waals surface area contributed by atoms with Gasteiger partial charge in [-0.2, -0.15) is 0 Å². The third-order valence-electron chi connectivity index (χ3n) is 1.93. The van der Waals surface area contributed by atoms with Crippen molar-refractivity contribution in [2.24, 2.45) is 0 Å². The van der Waals surface area contributed by atoms with Crippen molar-refractivity contribution >= 4 is 0 Å². The summed E-state index contributed by atoms with van der Waals surface area (Å²) in [5.74, 6) is 0. The van der Waals surface area contributed by atoms with E-state index in [1.807, 2.05) is 0 Å². The van der Waals surface area contributed by atoms with E-state index in [-0.39, 0.29) is 4.13 Å². The first kappa shape index (κ1) is 9.15. The van der Waals surface area contributed by atoms with E-state index in [4.69, 9.17) is 0 Å². The van der Waals surface area contributed by atoms with Gasteiger partial charge in [0.05, 0.1) is 0 Å². The van der Waals surface area contributed by atoms with Gasteiger partial charge in [-0.15, -0.1) is 0 Å². The van der Waals surface area contributed by atoms with Crippen LogP contribution in [0.15, 0.2) is 23.8 Å². The second kappa shape index (κ2) is 3.64. The second-order valence-corrected chi connectivity index (χ2v) is 4.89. The SMILES string of the molecule is CCCCC1=C[C](C)([V])C=C1. The van der Waals surface area contributed by atoms with E-state index in [1.54, 1.807) is 0 Å². The first-order valence-corrected chi connectivity index (χ1v) is 4.97. The molecule has 0 heterocycles. The van der Waals surface area contributed by atoms with Crippen molar-refractivity contribution in [1.29, 1.82) is 0 Å². The fourth-order valence-corrected chi connectivity index (χ4v) is 1.66. The summed E-state index contributed by atoms with van der Waals surface area (Å²) in [6.07, 6.45) is 10.7. The standard InChI is InChI=1S/C10H15.V/c1-3-4-5-10-7-6-9(2)8-10;/h6-8H,3-5H2,1-2H3;. The van der Waals surface area contributed by atoms with Crippen LogP contribution < -0.4 is 0 Å². The van der Waals surface area contributed by atoms with Gasteiger partial charge in [-0.05, 0) is 0 Å². The Morgan fingerprint density at radius 3 is 2.73 bits per heavy atom. The van der Waals surface area contributed by atoms with E-state index in [1.165, 1.54) is 24.8 Å². The molecule has 1 aliphatic rings. The molecule has 0 bridgehead atoms. The Kier molecular flexibility index (Phi) is 3.03. The number of rotatable bonds is 3. The molecule has 0 spiro atoms. The van der Waals surface area contributed by atoms with Crippen molar-refractivity contribution < 1.29 is 17.4 Å². The summed E-state index contributed by atoms with van der Waals surface area (Å²) >= 11 is 2.71. The summed E-state index contributed by atoms with van der Waals surface area (Å²) in [6, 6.07) is 0. The molecule has 1 atom stereocenters. The van der Waals surface area contributed by atoms with Crippen LogP contribution in [0.3, 0.4) is 0 Å². The van der Waals surface area contributed by atoms with Gasteiger partial charge in [-0.25, -0.2) is 0 Å². The number of hydrogen-bond acceptors (Lipinski definition) is 0. The molecule has 0 aromatic heterocycles. The molecule has 0 fully saturated rings. The van der Waals surface area contributed by atoms with Crippen molar-refractivity contribution in [2.75, 3.05) is 0 Å². The van der Waals surface area contributed by atoms with Gasteiger partial charge in [0.1, 0.15) is 0 Å². The zero-order valence-electron chi connectivity index (χ0n) is 7.30. The maximum atomic E-state index is 2.71. The summed E-state index contributed by atoms with van der Waals surface area (Å²) in [5, 5.41) is 0. The van der Waals surface area contributed by atoms with Gasteiger partial charge in [-0.1, -0.05) is 0 Å². The topological polar surface area (TPSA) is 0 Å². The van der Waals surface area contributed by atoms with Crippen LogP contribution in [0.1, 0.15) is 33.1 Å². The predicted molar refractivity (Wildman–Crippen MR) is 45.1 cm³/mol. The van der Waals surface area contributed by atoms with Crippen molar-refractivity contribution in [3.05, 3.63) is 23.8 Å². The third-order valence-corrected chi connectivity index (χ3v) is 2.37. The van der Waals surface area contributed by atoms with Gasteiger partial charge >= 0.3 is 78.5 Å². The molecule has 0 aromatic carbocycles. The molecule has 0 N–H and O–H groups in total. The van der Waals surface area contributed by atoms with Crippen molar-refractivity contribution in [2.45, 2.75) is 37.2 Å². The summed E-state index contributed by atoms with van der Waals surface area (Å²) in [4.78, 5) is 0. The summed E-state index contributed by atoms with van der Waals surface area (Å²) in [6.45, 7) is 4.46. The van der Waals surface area contributed by atoms with Gasteiger partial charge in [0, 0.05) is 0 Å². The maximum absolute atomic E-state index is 2.71. The summed E-state index contributed by atoms with van der Waals surface area (Å²) < 4.78 is 0.260. The molecule has 1 unspecified atom stereocenters. The predicted octanol–water partition coefficient (Wildman–Crippen LogP) is 3.40. The molecule has 11 heavy (non-hydrogen) atoms. The zero-order chi connectivity index (χ0) is 8.32. The molecule has 0 radical (unpaired) electrons. The average molecular weight is 186 g/mol. The van der Waals surface area contributed by atoms with Crippen LogP contribution in [0.25, 0.3) is 0 Å². The molecular formula is C10H15V. The van der Waals surface area contributed by atoms with Gasteiger partial charge in [0.25, 0.3) is 0 Å².